The maximum Gasteiger partial charge on any atom is 0.248 e. The van der Waals surface area contributed by atoms with Crippen molar-refractivity contribution in [1.82, 2.24) is 0 Å². The van der Waals surface area contributed by atoms with Crippen LogP contribution in [-0.2, 0) is 4.79 Å². The molecule has 12 heavy (non-hydrogen) atoms. The molecule has 0 aromatic carbocycles. The fourth-order valence-electron chi connectivity index (χ4n) is 1.38. The van der Waals surface area contributed by atoms with Crippen LogP contribution in [0.5, 0.6) is 0 Å². The van der Waals surface area contributed by atoms with Crippen LogP contribution >= 0.6 is 0 Å². The summed E-state index contributed by atoms with van der Waals surface area (Å²) in [6, 6.07) is 0. The molecule has 4 heteroatoms. The molecule has 0 unspecified atom stereocenters. The molecule has 0 radical (unpaired) electrons. The van der Waals surface area contributed by atoms with E-state index >= 15 is 0 Å². The Morgan fingerprint density at radius 2 is 1.67 bits per heavy atom. The first-order chi connectivity index (χ1) is 5.36. The van der Waals surface area contributed by atoms with Gasteiger partial charge in [-0.05, 0) is 19.8 Å². The molecule has 0 aromatic rings. The molecule has 1 aliphatic carbocycles. The number of carbonyl (C=O) groups excluding carboxylic acids is 1. The van der Waals surface area contributed by atoms with Gasteiger partial charge in [-0.2, -0.15) is 0 Å². The third-order valence-electron chi connectivity index (χ3n) is 2.46. The summed E-state index contributed by atoms with van der Waals surface area (Å²) < 4.78 is 25.2. The Balaban J connectivity index is 2.62. The molecule has 0 amide bonds. The van der Waals surface area contributed by atoms with E-state index in [1.807, 2.05) is 0 Å². The molecule has 0 spiro atoms. The number of Topliss-reactive ketones (excluding diaryl/α,β-unsaturated/α-hetero) is 1. The summed E-state index contributed by atoms with van der Waals surface area (Å²) in [7, 11) is 0. The molecule has 0 bridgehead atoms. The smallest absolute Gasteiger partial charge is 0.248 e. The lowest BCUT2D eigenvalue weighted by Crippen LogP contribution is -2.43. The molecule has 1 N–H and O–H groups in total. The van der Waals surface area contributed by atoms with Crippen LogP contribution in [0.3, 0.4) is 0 Å². The average Bonchev–Trinajstić information content (AvgIpc) is 1.96. The number of rotatable bonds is 1. The van der Waals surface area contributed by atoms with Crippen molar-refractivity contribution in [2.45, 2.75) is 44.1 Å². The number of hydrogen-bond donors (Lipinski definition) is 1. The van der Waals surface area contributed by atoms with Crippen molar-refractivity contribution in [3.05, 3.63) is 0 Å². The topological polar surface area (TPSA) is 37.3 Å². The highest BCUT2D eigenvalue weighted by atomic mass is 19.3. The van der Waals surface area contributed by atoms with E-state index in [9.17, 15) is 18.7 Å². The molecule has 0 saturated heterocycles. The van der Waals surface area contributed by atoms with Crippen molar-refractivity contribution >= 4 is 5.78 Å². The zero-order valence-corrected chi connectivity index (χ0v) is 6.94. The predicted octanol–water partition coefficient (Wildman–Crippen LogP) is 1.52. The van der Waals surface area contributed by atoms with Crippen LogP contribution in [0.25, 0.3) is 0 Å². The lowest BCUT2D eigenvalue weighted by Gasteiger charge is -2.33. The first-order valence-electron chi connectivity index (χ1n) is 3.97. The van der Waals surface area contributed by atoms with Gasteiger partial charge in [0.25, 0.3) is 0 Å². The summed E-state index contributed by atoms with van der Waals surface area (Å²) in [5.41, 5.74) is -1.48. The van der Waals surface area contributed by atoms with Gasteiger partial charge in [-0.25, -0.2) is 8.78 Å². The van der Waals surface area contributed by atoms with Crippen LogP contribution in [0.2, 0.25) is 0 Å². The Kier molecular flexibility index (Phi) is 2.21. The first-order valence-corrected chi connectivity index (χ1v) is 3.97. The molecular formula is C8H12F2O2. The van der Waals surface area contributed by atoms with Crippen molar-refractivity contribution < 1.29 is 18.7 Å². The van der Waals surface area contributed by atoms with Gasteiger partial charge < -0.3 is 5.11 Å². The lowest BCUT2D eigenvalue weighted by atomic mass is 9.80. The second-order valence-corrected chi connectivity index (χ2v) is 3.44. The molecule has 0 atom stereocenters. The molecule has 1 saturated carbocycles. The molecule has 2 nitrogen and oxygen atoms in total. The average molecular weight is 178 g/mol. The Morgan fingerprint density at radius 1 is 1.25 bits per heavy atom. The Labute approximate surface area is 69.6 Å². The largest absolute Gasteiger partial charge is 0.382 e. The predicted molar refractivity (Wildman–Crippen MR) is 39.0 cm³/mol. The minimum Gasteiger partial charge on any atom is -0.382 e. The van der Waals surface area contributed by atoms with E-state index in [0.717, 1.165) is 0 Å². The summed E-state index contributed by atoms with van der Waals surface area (Å²) in [5.74, 6) is -3.10. The summed E-state index contributed by atoms with van der Waals surface area (Å²) in [6.45, 7) is 1.24. The third-order valence-corrected chi connectivity index (χ3v) is 2.46. The zero-order valence-electron chi connectivity index (χ0n) is 6.94. The molecule has 0 aliphatic heterocycles. The highest BCUT2D eigenvalue weighted by Gasteiger charge is 2.44. The number of carbonyl (C=O) groups is 1. The van der Waals surface area contributed by atoms with Gasteiger partial charge in [-0.3, -0.25) is 4.79 Å². The highest BCUT2D eigenvalue weighted by Crippen LogP contribution is 2.38. The van der Waals surface area contributed by atoms with E-state index < -0.39 is 17.3 Å². The Morgan fingerprint density at radius 3 is 2.00 bits per heavy atom. The van der Waals surface area contributed by atoms with Crippen LogP contribution in [0.1, 0.15) is 32.6 Å². The van der Waals surface area contributed by atoms with E-state index in [2.05, 4.69) is 0 Å². The highest BCUT2D eigenvalue weighted by molar-refractivity contribution is 5.84. The minimum absolute atomic E-state index is 0.116. The fourth-order valence-corrected chi connectivity index (χ4v) is 1.38. The summed E-state index contributed by atoms with van der Waals surface area (Å²) in [4.78, 5) is 10.8. The summed E-state index contributed by atoms with van der Waals surface area (Å²) in [6.07, 6.45) is -1.00. The van der Waals surface area contributed by atoms with E-state index in [-0.39, 0.29) is 25.7 Å². The fraction of sp³-hybridized carbons (Fsp3) is 0.875. The minimum atomic E-state index is -2.69. The molecular weight excluding hydrogens is 166 g/mol. The van der Waals surface area contributed by atoms with Gasteiger partial charge in [0.2, 0.25) is 5.92 Å². The second-order valence-electron chi connectivity index (χ2n) is 3.44. The Hall–Kier alpha value is -0.510. The standard InChI is InChI=1S/C8H12F2O2/c1-6(11)7(12)2-4-8(9,10)5-3-7/h12H,2-5H2,1H3. The molecule has 0 aromatic heterocycles. The lowest BCUT2D eigenvalue weighted by molar-refractivity contribution is -0.148. The number of aliphatic hydroxyl groups is 1. The quantitative estimate of drug-likeness (QED) is 0.660. The van der Waals surface area contributed by atoms with E-state index in [1.54, 1.807) is 0 Å². The van der Waals surface area contributed by atoms with Crippen molar-refractivity contribution in [3.8, 4) is 0 Å². The van der Waals surface area contributed by atoms with Gasteiger partial charge in [0.1, 0.15) is 5.60 Å². The van der Waals surface area contributed by atoms with Gasteiger partial charge in [-0.15, -0.1) is 0 Å². The van der Waals surface area contributed by atoms with Gasteiger partial charge >= 0.3 is 0 Å². The Bertz CT molecular complexity index is 191. The van der Waals surface area contributed by atoms with E-state index in [1.165, 1.54) is 6.92 Å². The zero-order chi connectivity index (χ0) is 9.41. The van der Waals surface area contributed by atoms with E-state index in [4.69, 9.17) is 0 Å². The molecule has 1 aliphatic rings. The maximum absolute atomic E-state index is 12.6. The third kappa shape index (κ3) is 1.80. The number of hydrogen-bond acceptors (Lipinski definition) is 2. The van der Waals surface area contributed by atoms with Crippen LogP contribution in [0.15, 0.2) is 0 Å². The molecule has 70 valence electrons. The normalized spacial score (nSPS) is 26.7. The van der Waals surface area contributed by atoms with Gasteiger partial charge in [0.15, 0.2) is 5.78 Å². The first kappa shape index (κ1) is 9.58. The van der Waals surface area contributed by atoms with Crippen LogP contribution in [0, 0.1) is 0 Å². The van der Waals surface area contributed by atoms with Crippen molar-refractivity contribution in [1.29, 1.82) is 0 Å². The summed E-state index contributed by atoms with van der Waals surface area (Å²) in [5, 5.41) is 9.50. The van der Waals surface area contributed by atoms with E-state index in [0.29, 0.717) is 0 Å². The molecule has 1 rings (SSSR count). The molecule has 0 heterocycles. The van der Waals surface area contributed by atoms with Crippen LogP contribution in [0.4, 0.5) is 8.78 Å². The van der Waals surface area contributed by atoms with Gasteiger partial charge in [-0.1, -0.05) is 0 Å². The van der Waals surface area contributed by atoms with Crippen molar-refractivity contribution in [3.63, 3.8) is 0 Å². The van der Waals surface area contributed by atoms with Crippen LogP contribution in [-0.4, -0.2) is 22.4 Å². The van der Waals surface area contributed by atoms with Crippen molar-refractivity contribution in [2.24, 2.45) is 0 Å². The van der Waals surface area contributed by atoms with Gasteiger partial charge in [0, 0.05) is 12.8 Å². The van der Waals surface area contributed by atoms with Gasteiger partial charge in [0.05, 0.1) is 0 Å². The number of alkyl halides is 2. The molecule has 1 fully saturated rings. The van der Waals surface area contributed by atoms with Crippen molar-refractivity contribution in [2.75, 3.05) is 0 Å². The second kappa shape index (κ2) is 2.76. The number of ketones is 1. The number of halogens is 2. The maximum atomic E-state index is 12.6. The monoisotopic (exact) mass is 178 g/mol. The SMILES string of the molecule is CC(=O)C1(O)CCC(F)(F)CC1. The summed E-state index contributed by atoms with van der Waals surface area (Å²) >= 11 is 0. The van der Waals surface area contributed by atoms with Crippen LogP contribution < -0.4 is 0 Å².